The number of rotatable bonds is 5. The molecule has 2 rings (SSSR count). The highest BCUT2D eigenvalue weighted by Gasteiger charge is 2.06. The number of hydrogen-bond acceptors (Lipinski definition) is 2. The van der Waals surface area contributed by atoms with Crippen molar-refractivity contribution in [2.24, 2.45) is 0 Å². The highest BCUT2D eigenvalue weighted by Crippen LogP contribution is 2.15. The van der Waals surface area contributed by atoms with E-state index in [-0.39, 0.29) is 0 Å². The summed E-state index contributed by atoms with van der Waals surface area (Å²) in [5.41, 5.74) is 7.00. The van der Waals surface area contributed by atoms with Crippen LogP contribution in [0.2, 0.25) is 0 Å². The molecule has 2 aromatic rings. The van der Waals surface area contributed by atoms with Crippen molar-refractivity contribution in [3.63, 3.8) is 0 Å². The van der Waals surface area contributed by atoms with Crippen LogP contribution in [0, 0.1) is 20.8 Å². The number of thiophene rings is 1. The van der Waals surface area contributed by atoms with Crippen molar-refractivity contribution < 1.29 is 0 Å². The van der Waals surface area contributed by atoms with Gasteiger partial charge in [-0.1, -0.05) is 12.1 Å². The van der Waals surface area contributed by atoms with E-state index in [1.54, 1.807) is 11.3 Å². The number of hydrogen-bond donors (Lipinski definition) is 1. The van der Waals surface area contributed by atoms with Crippen LogP contribution in [-0.4, -0.2) is 6.04 Å². The third kappa shape index (κ3) is 3.92. The molecule has 0 saturated heterocycles. The van der Waals surface area contributed by atoms with Crippen LogP contribution in [0.25, 0.3) is 0 Å². The van der Waals surface area contributed by atoms with E-state index in [9.17, 15) is 0 Å². The highest BCUT2D eigenvalue weighted by atomic mass is 32.1. The molecule has 1 aromatic carbocycles. The smallest absolute Gasteiger partial charge is 0.0210 e. The fourth-order valence-electron chi connectivity index (χ4n) is 2.33. The van der Waals surface area contributed by atoms with E-state index in [1.807, 2.05) is 0 Å². The van der Waals surface area contributed by atoms with E-state index in [0.29, 0.717) is 6.04 Å². The molecular weight excluding hydrogens is 250 g/mol. The van der Waals surface area contributed by atoms with Gasteiger partial charge in [-0.3, -0.25) is 0 Å². The third-order valence-corrected chi connectivity index (χ3v) is 4.45. The molecule has 1 unspecified atom stereocenters. The van der Waals surface area contributed by atoms with Crippen LogP contribution in [0.15, 0.2) is 29.0 Å². The summed E-state index contributed by atoms with van der Waals surface area (Å²) in [5, 5.41) is 8.01. The van der Waals surface area contributed by atoms with Crippen LogP contribution in [-0.2, 0) is 13.0 Å². The Balaban J connectivity index is 1.93. The molecule has 1 nitrogen and oxygen atoms in total. The summed E-state index contributed by atoms with van der Waals surface area (Å²) in [5.74, 6) is 0. The molecule has 1 N–H and O–H groups in total. The van der Waals surface area contributed by atoms with E-state index < -0.39 is 0 Å². The van der Waals surface area contributed by atoms with Crippen molar-refractivity contribution in [1.82, 2.24) is 5.32 Å². The zero-order chi connectivity index (χ0) is 13.8. The average molecular weight is 273 g/mol. The molecule has 0 fully saturated rings. The van der Waals surface area contributed by atoms with Gasteiger partial charge in [-0.05, 0) is 78.8 Å². The summed E-state index contributed by atoms with van der Waals surface area (Å²) in [4.78, 5) is 0. The third-order valence-electron chi connectivity index (χ3n) is 3.72. The SMILES string of the molecule is Cc1cc(C)c(CNC(C)Cc2ccsc2)cc1C. The van der Waals surface area contributed by atoms with Gasteiger partial charge in [0.2, 0.25) is 0 Å². The average Bonchev–Trinajstić information content (AvgIpc) is 2.85. The van der Waals surface area contributed by atoms with Crippen LogP contribution in [0.5, 0.6) is 0 Å². The lowest BCUT2D eigenvalue weighted by atomic mass is 10.0. The molecule has 0 aliphatic rings. The summed E-state index contributed by atoms with van der Waals surface area (Å²) >= 11 is 1.77. The van der Waals surface area contributed by atoms with Gasteiger partial charge in [0.1, 0.15) is 0 Å². The Bertz CT molecular complexity index is 528. The van der Waals surface area contributed by atoms with Gasteiger partial charge in [-0.15, -0.1) is 0 Å². The Morgan fingerprint density at radius 1 is 1.11 bits per heavy atom. The predicted octanol–water partition coefficient (Wildman–Crippen LogP) is 4.39. The fourth-order valence-corrected chi connectivity index (χ4v) is 3.01. The van der Waals surface area contributed by atoms with Crippen molar-refractivity contribution in [2.75, 3.05) is 0 Å². The van der Waals surface area contributed by atoms with Gasteiger partial charge in [-0.25, -0.2) is 0 Å². The van der Waals surface area contributed by atoms with E-state index in [0.717, 1.165) is 13.0 Å². The van der Waals surface area contributed by atoms with Crippen molar-refractivity contribution >= 4 is 11.3 Å². The van der Waals surface area contributed by atoms with Gasteiger partial charge in [-0.2, -0.15) is 11.3 Å². The lowest BCUT2D eigenvalue weighted by Crippen LogP contribution is -2.27. The topological polar surface area (TPSA) is 12.0 Å². The molecular formula is C17H23NS. The molecule has 0 aliphatic heterocycles. The molecule has 2 heteroatoms. The first-order valence-corrected chi connectivity index (χ1v) is 7.81. The molecule has 1 aromatic heterocycles. The Kier molecular flexibility index (Phi) is 4.78. The van der Waals surface area contributed by atoms with Gasteiger partial charge < -0.3 is 5.32 Å². The van der Waals surface area contributed by atoms with E-state index >= 15 is 0 Å². The fraction of sp³-hybridized carbons (Fsp3) is 0.412. The summed E-state index contributed by atoms with van der Waals surface area (Å²) in [6.45, 7) is 9.78. The van der Waals surface area contributed by atoms with Crippen molar-refractivity contribution in [1.29, 1.82) is 0 Å². The van der Waals surface area contributed by atoms with Gasteiger partial charge >= 0.3 is 0 Å². The largest absolute Gasteiger partial charge is 0.310 e. The van der Waals surface area contributed by atoms with Crippen LogP contribution in [0.3, 0.4) is 0 Å². The Morgan fingerprint density at radius 3 is 2.53 bits per heavy atom. The molecule has 0 radical (unpaired) electrons. The summed E-state index contributed by atoms with van der Waals surface area (Å²) in [6.07, 6.45) is 1.10. The molecule has 0 bridgehead atoms. The molecule has 0 saturated carbocycles. The van der Waals surface area contributed by atoms with Crippen LogP contribution in [0.1, 0.15) is 34.7 Å². The zero-order valence-corrected chi connectivity index (χ0v) is 13.1. The molecule has 0 spiro atoms. The minimum Gasteiger partial charge on any atom is -0.310 e. The van der Waals surface area contributed by atoms with Gasteiger partial charge in [0, 0.05) is 12.6 Å². The molecule has 1 heterocycles. The van der Waals surface area contributed by atoms with Gasteiger partial charge in [0.25, 0.3) is 0 Å². The number of nitrogens with one attached hydrogen (secondary N) is 1. The first-order chi connectivity index (χ1) is 9.06. The Labute approximate surface area is 120 Å². The van der Waals surface area contributed by atoms with Crippen LogP contribution in [0.4, 0.5) is 0 Å². The maximum atomic E-state index is 3.63. The number of aryl methyl sites for hydroxylation is 3. The molecule has 1 atom stereocenters. The van der Waals surface area contributed by atoms with E-state index in [1.165, 1.54) is 27.8 Å². The predicted molar refractivity (Wildman–Crippen MR) is 85.0 cm³/mol. The second-order valence-electron chi connectivity index (χ2n) is 5.48. The van der Waals surface area contributed by atoms with Gasteiger partial charge in [0.15, 0.2) is 0 Å². The van der Waals surface area contributed by atoms with Crippen molar-refractivity contribution in [2.45, 2.75) is 46.7 Å². The summed E-state index contributed by atoms with van der Waals surface area (Å²) in [7, 11) is 0. The van der Waals surface area contributed by atoms with Crippen molar-refractivity contribution in [3.05, 3.63) is 56.8 Å². The summed E-state index contributed by atoms with van der Waals surface area (Å²) < 4.78 is 0. The van der Waals surface area contributed by atoms with Crippen LogP contribution < -0.4 is 5.32 Å². The van der Waals surface area contributed by atoms with Crippen molar-refractivity contribution in [3.8, 4) is 0 Å². The Morgan fingerprint density at radius 2 is 1.84 bits per heavy atom. The van der Waals surface area contributed by atoms with E-state index in [4.69, 9.17) is 0 Å². The maximum Gasteiger partial charge on any atom is 0.0210 e. The second-order valence-corrected chi connectivity index (χ2v) is 6.26. The van der Waals surface area contributed by atoms with Crippen LogP contribution >= 0.6 is 11.3 Å². The Hall–Kier alpha value is -1.12. The monoisotopic (exact) mass is 273 g/mol. The standard InChI is InChI=1S/C17H23NS/c1-12-7-14(3)17(8-13(12)2)10-18-15(4)9-16-5-6-19-11-16/h5-8,11,15,18H,9-10H2,1-4H3. The lowest BCUT2D eigenvalue weighted by molar-refractivity contribution is 0.545. The molecule has 19 heavy (non-hydrogen) atoms. The zero-order valence-electron chi connectivity index (χ0n) is 12.3. The minimum absolute atomic E-state index is 0.510. The first-order valence-electron chi connectivity index (χ1n) is 6.87. The maximum absolute atomic E-state index is 3.63. The molecule has 0 aliphatic carbocycles. The highest BCUT2D eigenvalue weighted by molar-refractivity contribution is 7.07. The van der Waals surface area contributed by atoms with Gasteiger partial charge in [0.05, 0.1) is 0 Å². The normalized spacial score (nSPS) is 12.6. The second kappa shape index (κ2) is 6.36. The number of benzene rings is 1. The minimum atomic E-state index is 0.510. The van der Waals surface area contributed by atoms with E-state index in [2.05, 4.69) is 62.0 Å². The molecule has 0 amide bonds. The first kappa shape index (κ1) is 14.3. The summed E-state index contributed by atoms with van der Waals surface area (Å²) in [6, 6.07) is 7.32. The lowest BCUT2D eigenvalue weighted by Gasteiger charge is -2.15. The quantitative estimate of drug-likeness (QED) is 0.851. The molecule has 102 valence electrons.